The van der Waals surface area contributed by atoms with Gasteiger partial charge in [-0.2, -0.15) is 18.6 Å². The normalized spacial score (nSPS) is 11.0. The smallest absolute Gasteiger partial charge is 0.354 e. The molecule has 0 aliphatic heterocycles. The summed E-state index contributed by atoms with van der Waals surface area (Å²) >= 11 is 2.74. The van der Waals surface area contributed by atoms with Gasteiger partial charge in [0.25, 0.3) is 5.56 Å². The molecule has 6 nitrogen and oxygen atoms in total. The average molecular weight is 362 g/mol. The minimum Gasteiger partial charge on any atom is -0.356 e. The Balaban J connectivity index is 2.20. The Morgan fingerprint density at radius 1 is 1.24 bits per heavy atom. The van der Waals surface area contributed by atoms with Crippen LogP contribution in [0, 0.1) is 0 Å². The fourth-order valence-electron chi connectivity index (χ4n) is 1.57. The molecule has 112 valence electrons. The Morgan fingerprint density at radius 2 is 1.90 bits per heavy atom. The van der Waals surface area contributed by atoms with Crippen LogP contribution in [-0.2, 0) is 18.1 Å². The quantitative estimate of drug-likeness (QED) is 0.813. The lowest BCUT2D eigenvalue weighted by molar-refractivity contribution is 0.0302. The maximum atomic E-state index is 12.6. The molecule has 0 aliphatic carbocycles. The zero-order valence-electron chi connectivity index (χ0n) is 10.6. The van der Waals surface area contributed by atoms with Gasteiger partial charge in [0, 0.05) is 0 Å². The lowest BCUT2D eigenvalue weighted by Gasteiger charge is -2.09. The zero-order valence-corrected chi connectivity index (χ0v) is 12.2. The Bertz CT molecular complexity index is 731. The van der Waals surface area contributed by atoms with Crippen molar-refractivity contribution in [1.29, 1.82) is 0 Å². The molecule has 0 unspecified atom stereocenters. The second-order valence-corrected chi connectivity index (χ2v) is 4.74. The molecule has 2 aromatic rings. The van der Waals surface area contributed by atoms with E-state index in [9.17, 15) is 18.4 Å². The number of rotatable bonds is 5. The average Bonchev–Trinajstić information content (AvgIpc) is 2.47. The molecule has 0 saturated heterocycles. The minimum absolute atomic E-state index is 0.0860. The van der Waals surface area contributed by atoms with Gasteiger partial charge < -0.3 is 4.74 Å². The van der Waals surface area contributed by atoms with Crippen LogP contribution >= 0.6 is 15.9 Å². The van der Waals surface area contributed by atoms with Gasteiger partial charge in [0.15, 0.2) is 4.60 Å². The molecule has 1 aromatic heterocycles. The highest BCUT2D eigenvalue weighted by atomic mass is 79.9. The highest BCUT2D eigenvalue weighted by Crippen LogP contribution is 2.05. The van der Waals surface area contributed by atoms with E-state index in [1.54, 1.807) is 24.3 Å². The van der Waals surface area contributed by atoms with Gasteiger partial charge in [-0.05, 0) is 21.5 Å². The molecule has 21 heavy (non-hydrogen) atoms. The molecule has 0 saturated carbocycles. The van der Waals surface area contributed by atoms with Gasteiger partial charge in [-0.1, -0.05) is 30.3 Å². The summed E-state index contributed by atoms with van der Waals surface area (Å²) in [4.78, 5) is 23.4. The molecular weight excluding hydrogens is 352 g/mol. The Morgan fingerprint density at radius 3 is 2.52 bits per heavy atom. The van der Waals surface area contributed by atoms with Crippen molar-refractivity contribution in [1.82, 2.24) is 14.3 Å². The first-order valence-electron chi connectivity index (χ1n) is 5.79. The lowest BCUT2D eigenvalue weighted by Crippen LogP contribution is -2.42. The number of alkyl halides is 2. The van der Waals surface area contributed by atoms with Crippen LogP contribution in [0.25, 0.3) is 0 Å². The van der Waals surface area contributed by atoms with Crippen LogP contribution in [0.15, 0.2) is 44.5 Å². The third-order valence-electron chi connectivity index (χ3n) is 2.56. The van der Waals surface area contributed by atoms with Gasteiger partial charge in [0.05, 0.1) is 6.61 Å². The summed E-state index contributed by atoms with van der Waals surface area (Å²) in [5, 5.41) is 3.18. The van der Waals surface area contributed by atoms with Crippen molar-refractivity contribution in [2.75, 3.05) is 0 Å². The van der Waals surface area contributed by atoms with Crippen molar-refractivity contribution in [3.05, 3.63) is 61.3 Å². The largest absolute Gasteiger partial charge is 0.356 e. The molecule has 1 heterocycles. The van der Waals surface area contributed by atoms with E-state index in [1.165, 1.54) is 0 Å². The predicted molar refractivity (Wildman–Crippen MR) is 72.9 cm³/mol. The maximum Gasteiger partial charge on any atom is 0.354 e. The van der Waals surface area contributed by atoms with E-state index in [4.69, 9.17) is 4.74 Å². The van der Waals surface area contributed by atoms with Crippen LogP contribution in [0.4, 0.5) is 8.78 Å². The van der Waals surface area contributed by atoms with Gasteiger partial charge in [0.2, 0.25) is 0 Å². The summed E-state index contributed by atoms with van der Waals surface area (Å²) in [6.45, 7) is -3.45. The van der Waals surface area contributed by atoms with Crippen LogP contribution in [-0.4, -0.2) is 14.3 Å². The van der Waals surface area contributed by atoms with Crippen molar-refractivity contribution in [2.24, 2.45) is 0 Å². The first-order chi connectivity index (χ1) is 10.0. The van der Waals surface area contributed by atoms with Crippen LogP contribution in [0.1, 0.15) is 12.1 Å². The summed E-state index contributed by atoms with van der Waals surface area (Å²) in [5.74, 6) is 0. The highest BCUT2D eigenvalue weighted by molar-refractivity contribution is 9.10. The molecular formula is C12H10BrF2N3O3. The molecule has 2 rings (SSSR count). The molecule has 0 aliphatic rings. The van der Waals surface area contributed by atoms with Crippen LogP contribution < -0.4 is 11.2 Å². The number of benzene rings is 1. The van der Waals surface area contributed by atoms with Gasteiger partial charge >= 0.3 is 12.2 Å². The number of halogens is 3. The van der Waals surface area contributed by atoms with E-state index < -0.39 is 24.5 Å². The van der Waals surface area contributed by atoms with Crippen LogP contribution in [0.2, 0.25) is 0 Å². The second-order valence-electron chi connectivity index (χ2n) is 3.99. The summed E-state index contributed by atoms with van der Waals surface area (Å²) in [5.41, 5.74) is -1.23. The molecule has 0 atom stereocenters. The van der Waals surface area contributed by atoms with Gasteiger partial charge in [0.1, 0.15) is 6.73 Å². The second kappa shape index (κ2) is 6.72. The van der Waals surface area contributed by atoms with Crippen molar-refractivity contribution in [3.63, 3.8) is 0 Å². The molecule has 0 amide bonds. The fraction of sp³-hybridized carbons (Fsp3) is 0.250. The molecule has 0 bridgehead atoms. The monoisotopic (exact) mass is 361 g/mol. The highest BCUT2D eigenvalue weighted by Gasteiger charge is 2.17. The van der Waals surface area contributed by atoms with Crippen molar-refractivity contribution in [3.8, 4) is 0 Å². The summed E-state index contributed by atoms with van der Waals surface area (Å²) in [7, 11) is 0. The van der Waals surface area contributed by atoms with Crippen molar-refractivity contribution < 1.29 is 13.5 Å². The molecule has 0 N–H and O–H groups in total. The summed E-state index contributed by atoms with van der Waals surface area (Å²) in [6.07, 6.45) is 0. The standard InChI is InChI=1S/C12H10BrF2N3O3/c13-9-10(19)17(12(20)18(16-9)11(14)15)7-21-6-8-4-2-1-3-5-8/h1-5,11H,6-7H2. The predicted octanol–water partition coefficient (Wildman–Crippen LogP) is 1.74. The van der Waals surface area contributed by atoms with Crippen LogP contribution in [0.5, 0.6) is 0 Å². The number of aromatic nitrogens is 3. The fourth-order valence-corrected chi connectivity index (χ4v) is 1.96. The van der Waals surface area contributed by atoms with Crippen molar-refractivity contribution in [2.45, 2.75) is 19.9 Å². The third kappa shape index (κ3) is 3.61. The molecule has 0 fully saturated rings. The third-order valence-corrected chi connectivity index (χ3v) is 3.06. The van der Waals surface area contributed by atoms with E-state index in [0.29, 0.717) is 4.57 Å². The molecule has 9 heteroatoms. The lowest BCUT2D eigenvalue weighted by atomic mass is 10.2. The Labute approximate surface area is 125 Å². The molecule has 1 aromatic carbocycles. The topological polar surface area (TPSA) is 66.1 Å². The van der Waals surface area contributed by atoms with Crippen molar-refractivity contribution >= 4 is 15.9 Å². The van der Waals surface area contributed by atoms with E-state index in [2.05, 4.69) is 21.0 Å². The van der Waals surface area contributed by atoms with E-state index in [-0.39, 0.29) is 15.9 Å². The Hall–Kier alpha value is -1.87. The summed E-state index contributed by atoms with van der Waals surface area (Å²) in [6, 6.07) is 9.02. The molecule has 0 spiro atoms. The number of hydrogen-bond acceptors (Lipinski definition) is 4. The number of ether oxygens (including phenoxy) is 1. The van der Waals surface area contributed by atoms with Crippen LogP contribution in [0.3, 0.4) is 0 Å². The maximum absolute atomic E-state index is 12.6. The van der Waals surface area contributed by atoms with Gasteiger partial charge in [-0.15, -0.1) is 0 Å². The summed E-state index contributed by atoms with van der Waals surface area (Å²) < 4.78 is 30.6. The number of hydrogen-bond donors (Lipinski definition) is 0. The SMILES string of the molecule is O=c1c(Br)nn(C(F)F)c(=O)n1COCc1ccccc1. The van der Waals surface area contributed by atoms with E-state index >= 15 is 0 Å². The van der Waals surface area contributed by atoms with Gasteiger partial charge in [-0.3, -0.25) is 4.79 Å². The van der Waals surface area contributed by atoms with E-state index in [1.807, 2.05) is 6.07 Å². The Kier molecular flexibility index (Phi) is 4.97. The van der Waals surface area contributed by atoms with Gasteiger partial charge in [-0.25, -0.2) is 9.36 Å². The van der Waals surface area contributed by atoms with E-state index in [0.717, 1.165) is 5.56 Å². The number of nitrogens with zero attached hydrogens (tertiary/aromatic N) is 3. The minimum atomic E-state index is -3.14. The first-order valence-corrected chi connectivity index (χ1v) is 6.59. The molecule has 0 radical (unpaired) electrons. The zero-order chi connectivity index (χ0) is 15.4. The first kappa shape index (κ1) is 15.5.